The van der Waals surface area contributed by atoms with Gasteiger partial charge >= 0.3 is 6.18 Å². The van der Waals surface area contributed by atoms with Gasteiger partial charge in [-0.05, 0) is 36.8 Å². The molecule has 1 atom stereocenters. The molecule has 1 aliphatic rings. The van der Waals surface area contributed by atoms with E-state index < -0.39 is 30.2 Å². The molecule has 0 bridgehead atoms. The minimum atomic E-state index is -4.57. The fourth-order valence-corrected chi connectivity index (χ4v) is 2.83. The summed E-state index contributed by atoms with van der Waals surface area (Å²) in [6.45, 7) is -0.412. The fraction of sp³-hybridized carbons (Fsp3) is 0.412. The Kier molecular flexibility index (Phi) is 4.31. The SMILES string of the molecule is [2H]C([2H])(O)[C@@H]1CN(c2ccc(-c3c(C)cc(C(F)(F)F)cc3O)nn2)CCO1. The molecule has 0 saturated carbocycles. The third-order valence-corrected chi connectivity index (χ3v) is 4.08. The van der Waals surface area contributed by atoms with Gasteiger partial charge in [-0.1, -0.05) is 0 Å². The number of halogens is 3. The predicted molar refractivity (Wildman–Crippen MR) is 87.9 cm³/mol. The molecule has 140 valence electrons. The second-order valence-electron chi connectivity index (χ2n) is 5.90. The summed E-state index contributed by atoms with van der Waals surface area (Å²) in [6.07, 6.45) is -5.62. The van der Waals surface area contributed by atoms with Crippen molar-refractivity contribution in [2.75, 3.05) is 31.2 Å². The third-order valence-electron chi connectivity index (χ3n) is 4.08. The zero-order chi connectivity index (χ0) is 20.7. The van der Waals surface area contributed by atoms with Crippen molar-refractivity contribution < 1.29 is 30.9 Å². The number of hydrogen-bond donors (Lipinski definition) is 2. The highest BCUT2D eigenvalue weighted by atomic mass is 19.4. The van der Waals surface area contributed by atoms with Crippen LogP contribution >= 0.6 is 0 Å². The van der Waals surface area contributed by atoms with Crippen LogP contribution in [0.3, 0.4) is 0 Å². The average Bonchev–Trinajstić information content (AvgIpc) is 2.60. The van der Waals surface area contributed by atoms with Gasteiger partial charge in [-0.3, -0.25) is 0 Å². The van der Waals surface area contributed by atoms with Gasteiger partial charge in [0.2, 0.25) is 0 Å². The predicted octanol–water partition coefficient (Wildman–Crippen LogP) is 2.37. The first-order valence-electron chi connectivity index (χ1n) is 8.80. The molecule has 2 N–H and O–H groups in total. The molecule has 0 unspecified atom stereocenters. The van der Waals surface area contributed by atoms with Crippen molar-refractivity contribution in [1.82, 2.24) is 10.2 Å². The van der Waals surface area contributed by atoms with Crippen molar-refractivity contribution in [3.05, 3.63) is 35.4 Å². The monoisotopic (exact) mass is 371 g/mol. The maximum Gasteiger partial charge on any atom is 0.416 e. The Morgan fingerprint density at radius 3 is 2.69 bits per heavy atom. The maximum atomic E-state index is 12.9. The van der Waals surface area contributed by atoms with Crippen molar-refractivity contribution in [1.29, 1.82) is 0 Å². The first kappa shape index (κ1) is 15.8. The van der Waals surface area contributed by atoms with E-state index in [9.17, 15) is 23.4 Å². The molecule has 0 spiro atoms. The first-order chi connectivity index (χ1) is 13.0. The Bertz CT molecular complexity index is 834. The van der Waals surface area contributed by atoms with Crippen molar-refractivity contribution in [2.24, 2.45) is 0 Å². The number of aryl methyl sites for hydroxylation is 1. The Labute approximate surface area is 150 Å². The number of phenolic OH excluding ortho intramolecular Hbond substituents is 1. The number of hydrogen-bond acceptors (Lipinski definition) is 6. The van der Waals surface area contributed by atoms with Crippen LogP contribution in [0.4, 0.5) is 19.0 Å². The van der Waals surface area contributed by atoms with Gasteiger partial charge in [-0.2, -0.15) is 13.2 Å². The van der Waals surface area contributed by atoms with E-state index in [1.54, 1.807) is 11.0 Å². The molecule has 0 radical (unpaired) electrons. The van der Waals surface area contributed by atoms with Gasteiger partial charge in [0.25, 0.3) is 0 Å². The lowest BCUT2D eigenvalue weighted by Gasteiger charge is -2.32. The normalized spacial score (nSPS) is 19.9. The largest absolute Gasteiger partial charge is 0.507 e. The number of benzene rings is 1. The molecule has 1 aromatic heterocycles. The molecular formula is C17H18F3N3O3. The Balaban J connectivity index is 1.85. The summed E-state index contributed by atoms with van der Waals surface area (Å²) >= 11 is 0. The third kappa shape index (κ3) is 3.73. The quantitative estimate of drug-likeness (QED) is 0.863. The second-order valence-corrected chi connectivity index (χ2v) is 5.90. The summed E-state index contributed by atoms with van der Waals surface area (Å²) < 4.78 is 58.5. The van der Waals surface area contributed by atoms with Crippen LogP contribution in [0.5, 0.6) is 5.75 Å². The number of morpholine rings is 1. The molecule has 2 heterocycles. The van der Waals surface area contributed by atoms with Gasteiger partial charge in [0.05, 0.1) is 33.3 Å². The minimum Gasteiger partial charge on any atom is -0.507 e. The highest BCUT2D eigenvalue weighted by Gasteiger charge is 2.32. The highest BCUT2D eigenvalue weighted by molar-refractivity contribution is 5.71. The molecule has 1 aliphatic heterocycles. The van der Waals surface area contributed by atoms with Crippen LogP contribution in [0, 0.1) is 6.92 Å². The Morgan fingerprint density at radius 2 is 2.12 bits per heavy atom. The van der Waals surface area contributed by atoms with Crippen LogP contribution in [0.1, 0.15) is 13.9 Å². The Hall–Kier alpha value is -2.39. The fourth-order valence-electron chi connectivity index (χ4n) is 2.83. The molecule has 26 heavy (non-hydrogen) atoms. The van der Waals surface area contributed by atoms with Gasteiger partial charge in [0.15, 0.2) is 5.82 Å². The number of anilines is 1. The summed E-state index contributed by atoms with van der Waals surface area (Å²) in [5.74, 6) is -0.153. The molecule has 1 saturated heterocycles. The topological polar surface area (TPSA) is 78.7 Å². The van der Waals surface area contributed by atoms with E-state index in [2.05, 4.69) is 10.2 Å². The van der Waals surface area contributed by atoms with Gasteiger partial charge in [-0.25, -0.2) is 0 Å². The first-order valence-corrected chi connectivity index (χ1v) is 7.80. The van der Waals surface area contributed by atoms with Crippen molar-refractivity contribution in [3.63, 3.8) is 0 Å². The van der Waals surface area contributed by atoms with E-state index in [0.717, 1.165) is 6.07 Å². The van der Waals surface area contributed by atoms with E-state index in [0.29, 0.717) is 18.4 Å². The van der Waals surface area contributed by atoms with Crippen molar-refractivity contribution in [2.45, 2.75) is 19.2 Å². The van der Waals surface area contributed by atoms with Gasteiger partial charge in [0, 0.05) is 18.7 Å². The van der Waals surface area contributed by atoms with E-state index in [1.807, 2.05) is 0 Å². The summed E-state index contributed by atoms with van der Waals surface area (Å²) in [5.41, 5.74) is -0.392. The number of aromatic hydroxyl groups is 1. The van der Waals surface area contributed by atoms with Gasteiger partial charge in [-0.15, -0.1) is 10.2 Å². The van der Waals surface area contributed by atoms with E-state index in [1.165, 1.54) is 13.0 Å². The van der Waals surface area contributed by atoms with Gasteiger partial charge in [0.1, 0.15) is 5.75 Å². The van der Waals surface area contributed by atoms with Crippen LogP contribution in [0.15, 0.2) is 24.3 Å². The lowest BCUT2D eigenvalue weighted by atomic mass is 10.0. The van der Waals surface area contributed by atoms with Crippen LogP contribution in [0.25, 0.3) is 11.3 Å². The standard InChI is InChI=1S/C17H18F3N3O3/c1-10-6-11(17(18,19)20)7-14(25)16(10)13-2-3-15(22-21-13)23-4-5-26-12(8-23)9-24/h2-3,6-7,12,24-25H,4-5,8-9H2,1H3/t12-/m0/s1/i9D2. The number of alkyl halides is 3. The molecular weight excluding hydrogens is 351 g/mol. The van der Waals surface area contributed by atoms with Gasteiger partial charge < -0.3 is 19.8 Å². The van der Waals surface area contributed by atoms with Crippen LogP contribution in [-0.2, 0) is 10.9 Å². The Morgan fingerprint density at radius 1 is 1.35 bits per heavy atom. The number of nitrogens with zero attached hydrogens (tertiary/aromatic N) is 3. The van der Waals surface area contributed by atoms with E-state index in [-0.39, 0.29) is 30.0 Å². The smallest absolute Gasteiger partial charge is 0.416 e. The molecule has 0 aliphatic carbocycles. The lowest BCUT2D eigenvalue weighted by Crippen LogP contribution is -2.44. The average molecular weight is 371 g/mol. The number of aliphatic hydroxyl groups is 1. The van der Waals surface area contributed by atoms with Crippen LogP contribution in [-0.4, -0.2) is 52.8 Å². The van der Waals surface area contributed by atoms with Crippen LogP contribution in [0.2, 0.25) is 0 Å². The number of ether oxygens (including phenoxy) is 1. The molecule has 1 fully saturated rings. The summed E-state index contributed by atoms with van der Waals surface area (Å²) in [7, 11) is 0. The van der Waals surface area contributed by atoms with E-state index in [4.69, 9.17) is 7.48 Å². The van der Waals surface area contributed by atoms with Crippen LogP contribution < -0.4 is 4.90 Å². The molecule has 2 aromatic rings. The number of aromatic nitrogens is 2. The zero-order valence-corrected chi connectivity index (χ0v) is 13.8. The molecule has 0 amide bonds. The summed E-state index contributed by atoms with van der Waals surface area (Å²) in [4.78, 5) is 1.68. The number of phenols is 1. The lowest BCUT2D eigenvalue weighted by molar-refractivity contribution is -0.137. The summed E-state index contributed by atoms with van der Waals surface area (Å²) in [6, 6.07) is 4.65. The molecule has 3 rings (SSSR count). The molecule has 6 nitrogen and oxygen atoms in total. The minimum absolute atomic E-state index is 0.0576. The summed E-state index contributed by atoms with van der Waals surface area (Å²) in [5, 5.41) is 27.6. The number of rotatable bonds is 3. The molecule has 1 aromatic carbocycles. The highest BCUT2D eigenvalue weighted by Crippen LogP contribution is 2.38. The van der Waals surface area contributed by atoms with Crippen molar-refractivity contribution >= 4 is 5.82 Å². The van der Waals surface area contributed by atoms with Crippen molar-refractivity contribution in [3.8, 4) is 17.0 Å². The second kappa shape index (κ2) is 7.08. The van der Waals surface area contributed by atoms with E-state index >= 15 is 0 Å². The maximum absolute atomic E-state index is 12.9. The molecule has 9 heteroatoms. The zero-order valence-electron chi connectivity index (χ0n) is 15.8.